The molecular weight excluding hydrogens is 462 g/mol. The van der Waals surface area contributed by atoms with E-state index in [0.29, 0.717) is 30.7 Å². The molecule has 37 heavy (non-hydrogen) atoms. The molecule has 1 unspecified atom stereocenters. The first kappa shape index (κ1) is 23.6. The Hall–Kier alpha value is -3.80. The highest BCUT2D eigenvalue weighted by Crippen LogP contribution is 2.43. The molecule has 0 fully saturated rings. The van der Waals surface area contributed by atoms with Gasteiger partial charge in [0.15, 0.2) is 0 Å². The van der Waals surface area contributed by atoms with E-state index in [-0.39, 0.29) is 11.7 Å². The number of Topliss-reactive ketones (excluding diaryl/α,β-unsaturated/α-hetero) is 1. The van der Waals surface area contributed by atoms with Crippen molar-refractivity contribution in [3.05, 3.63) is 82.0 Å². The van der Waals surface area contributed by atoms with Crippen LogP contribution >= 0.6 is 0 Å². The zero-order chi connectivity index (χ0) is 25.7. The van der Waals surface area contributed by atoms with Crippen molar-refractivity contribution < 1.29 is 14.1 Å². The van der Waals surface area contributed by atoms with Crippen LogP contribution in [0.3, 0.4) is 0 Å². The predicted molar refractivity (Wildman–Crippen MR) is 142 cm³/mol. The van der Waals surface area contributed by atoms with Gasteiger partial charge in [-0.25, -0.2) is 0 Å². The van der Waals surface area contributed by atoms with Crippen LogP contribution in [0.15, 0.2) is 47.1 Å². The molecule has 3 heterocycles. The van der Waals surface area contributed by atoms with E-state index in [0.717, 1.165) is 36.3 Å². The molecule has 0 radical (unpaired) electrons. The Kier molecular flexibility index (Phi) is 5.90. The van der Waals surface area contributed by atoms with Crippen molar-refractivity contribution in [2.24, 2.45) is 0 Å². The number of benzene rings is 2. The average molecular weight is 494 g/mol. The molecule has 1 aliphatic carbocycles. The zero-order valence-corrected chi connectivity index (χ0v) is 21.8. The first-order valence-corrected chi connectivity index (χ1v) is 13.0. The van der Waals surface area contributed by atoms with Crippen molar-refractivity contribution in [3.8, 4) is 28.3 Å². The summed E-state index contributed by atoms with van der Waals surface area (Å²) in [4.78, 5) is 20.7. The fraction of sp³-hybridized carbons (Fsp3) is 0.355. The number of nitrogens with zero attached hydrogens (tertiary/aromatic N) is 3. The molecule has 2 aromatic heterocycles. The van der Waals surface area contributed by atoms with Gasteiger partial charge in [-0.15, -0.1) is 0 Å². The lowest BCUT2D eigenvalue weighted by Crippen LogP contribution is -2.06. The van der Waals surface area contributed by atoms with Crippen molar-refractivity contribution in [3.63, 3.8) is 0 Å². The van der Waals surface area contributed by atoms with E-state index in [1.54, 1.807) is 6.92 Å². The van der Waals surface area contributed by atoms with Gasteiger partial charge in [-0.1, -0.05) is 23.4 Å². The second kappa shape index (κ2) is 9.25. The summed E-state index contributed by atoms with van der Waals surface area (Å²) in [5, 5.41) is 4.10. The number of ether oxygens (including phenoxy) is 1. The van der Waals surface area contributed by atoms with Gasteiger partial charge in [-0.05, 0) is 103 Å². The molecule has 6 nitrogen and oxygen atoms in total. The third kappa shape index (κ3) is 4.35. The average Bonchev–Trinajstić information content (AvgIpc) is 3.58. The van der Waals surface area contributed by atoms with Crippen LogP contribution < -0.4 is 4.74 Å². The van der Waals surface area contributed by atoms with E-state index in [1.807, 2.05) is 13.1 Å². The molecule has 0 bridgehead atoms. The molecule has 2 atom stereocenters. The number of rotatable bonds is 6. The maximum Gasteiger partial charge on any atom is 0.223 e. The maximum absolute atomic E-state index is 11.6. The molecule has 6 rings (SSSR count). The Balaban J connectivity index is 1.28. The Morgan fingerprint density at radius 1 is 1.08 bits per heavy atom. The Morgan fingerprint density at radius 2 is 1.89 bits per heavy atom. The summed E-state index contributed by atoms with van der Waals surface area (Å²) in [5.41, 5.74) is 11.1. The van der Waals surface area contributed by atoms with E-state index in [2.05, 4.69) is 60.4 Å². The number of carbonyl (C=O) groups excluding carboxylic acids is 1. The Labute approximate surface area is 217 Å². The van der Waals surface area contributed by atoms with Crippen LogP contribution in [-0.2, 0) is 17.6 Å². The van der Waals surface area contributed by atoms with Crippen LogP contribution in [0, 0.1) is 20.8 Å². The van der Waals surface area contributed by atoms with Crippen molar-refractivity contribution in [2.75, 3.05) is 6.61 Å². The minimum absolute atomic E-state index is 0.0817. The highest BCUT2D eigenvalue weighted by atomic mass is 16.5. The van der Waals surface area contributed by atoms with E-state index in [9.17, 15) is 4.79 Å². The van der Waals surface area contributed by atoms with Gasteiger partial charge in [0.05, 0.1) is 12.3 Å². The first-order valence-electron chi connectivity index (χ1n) is 13.0. The minimum Gasteiger partial charge on any atom is -0.491 e. The van der Waals surface area contributed by atoms with E-state index in [4.69, 9.17) is 14.2 Å². The van der Waals surface area contributed by atoms with Gasteiger partial charge >= 0.3 is 0 Å². The molecule has 2 aromatic carbocycles. The minimum atomic E-state index is 0.0817. The topological polar surface area (TPSA) is 78.1 Å². The number of fused-ring (bicyclic) bond motifs is 2. The summed E-state index contributed by atoms with van der Waals surface area (Å²) in [7, 11) is 0. The Bertz CT molecular complexity index is 1500. The molecule has 1 aliphatic heterocycles. The lowest BCUT2D eigenvalue weighted by molar-refractivity contribution is -0.117. The number of hydrogen-bond donors (Lipinski definition) is 0. The molecule has 2 aliphatic rings. The molecule has 0 amide bonds. The molecule has 4 aromatic rings. The largest absolute Gasteiger partial charge is 0.491 e. The van der Waals surface area contributed by atoms with Crippen LogP contribution in [0.2, 0.25) is 0 Å². The maximum atomic E-state index is 11.6. The van der Waals surface area contributed by atoms with Crippen LogP contribution in [0.4, 0.5) is 0 Å². The van der Waals surface area contributed by atoms with Gasteiger partial charge in [-0.2, -0.15) is 4.98 Å². The van der Waals surface area contributed by atoms with Gasteiger partial charge in [-0.3, -0.25) is 4.98 Å². The second-order valence-electron chi connectivity index (χ2n) is 10.6. The van der Waals surface area contributed by atoms with Crippen LogP contribution in [0.1, 0.15) is 71.0 Å². The summed E-state index contributed by atoms with van der Waals surface area (Å²) < 4.78 is 11.1. The summed E-state index contributed by atoms with van der Waals surface area (Å²) in [6, 6.07) is 13.2. The molecule has 0 saturated carbocycles. The monoisotopic (exact) mass is 493 g/mol. The number of aromatic nitrogens is 3. The van der Waals surface area contributed by atoms with Gasteiger partial charge < -0.3 is 14.1 Å². The second-order valence-corrected chi connectivity index (χ2v) is 10.6. The summed E-state index contributed by atoms with van der Waals surface area (Å²) in [5.74, 6) is 2.76. The van der Waals surface area contributed by atoms with Crippen molar-refractivity contribution in [2.45, 2.75) is 65.2 Å². The highest BCUT2D eigenvalue weighted by Gasteiger charge is 2.29. The number of carbonyl (C=O) groups is 1. The third-order valence-electron chi connectivity index (χ3n) is 7.76. The fourth-order valence-corrected chi connectivity index (χ4v) is 6.21. The highest BCUT2D eigenvalue weighted by molar-refractivity contribution is 5.78. The van der Waals surface area contributed by atoms with Crippen molar-refractivity contribution >= 4 is 5.78 Å². The van der Waals surface area contributed by atoms with Gasteiger partial charge in [0, 0.05) is 31.0 Å². The number of aryl methyl sites for hydroxylation is 3. The number of pyridine rings is 1. The van der Waals surface area contributed by atoms with Crippen molar-refractivity contribution in [1.29, 1.82) is 0 Å². The van der Waals surface area contributed by atoms with E-state index < -0.39 is 0 Å². The molecule has 0 saturated heterocycles. The van der Waals surface area contributed by atoms with Crippen LogP contribution in [0.5, 0.6) is 5.75 Å². The zero-order valence-electron chi connectivity index (χ0n) is 21.8. The first-order chi connectivity index (χ1) is 17.9. The fourth-order valence-electron chi connectivity index (χ4n) is 6.21. The van der Waals surface area contributed by atoms with E-state index in [1.165, 1.54) is 38.9 Å². The summed E-state index contributed by atoms with van der Waals surface area (Å²) in [6.07, 6.45) is 5.60. The quantitative estimate of drug-likeness (QED) is 0.307. The molecule has 0 spiro atoms. The van der Waals surface area contributed by atoms with Crippen molar-refractivity contribution in [1.82, 2.24) is 15.1 Å². The van der Waals surface area contributed by atoms with Gasteiger partial charge in [0.2, 0.25) is 11.7 Å². The summed E-state index contributed by atoms with van der Waals surface area (Å²) >= 11 is 0. The standard InChI is InChI=1S/C31H31N3O3/c1-17-10-23(31-33-20(4)37-34-31)11-18(2)29(17)27-7-5-6-25-22(8-9-26(25)27)13-21-14-28-30(32-15-21)24(16-36-28)12-19(3)35/h5-7,10-11,14-15,22,24H,8-9,12-13,16H2,1-4H3/t22-,24?/m0/s1. The SMILES string of the molecule is CC(=O)CC1COc2cc(C[C@@H]3CCc4c(-c5c(C)cc(-c6noc(C)n6)cc5C)cccc43)cnc21. The van der Waals surface area contributed by atoms with Crippen LogP contribution in [0.25, 0.3) is 22.5 Å². The smallest absolute Gasteiger partial charge is 0.223 e. The molecular formula is C31H31N3O3. The third-order valence-corrected chi connectivity index (χ3v) is 7.76. The lowest BCUT2D eigenvalue weighted by atomic mass is 9.87. The molecule has 188 valence electrons. The van der Waals surface area contributed by atoms with Gasteiger partial charge in [0.1, 0.15) is 11.5 Å². The normalized spacial score (nSPS) is 17.9. The number of ketones is 1. The Morgan fingerprint density at radius 3 is 2.62 bits per heavy atom. The molecule has 6 heteroatoms. The predicted octanol–water partition coefficient (Wildman–Crippen LogP) is 6.45. The van der Waals surface area contributed by atoms with E-state index >= 15 is 0 Å². The summed E-state index contributed by atoms with van der Waals surface area (Å²) in [6.45, 7) is 8.32. The molecule has 0 N–H and O–H groups in total. The lowest BCUT2D eigenvalue weighted by Gasteiger charge is -2.17. The van der Waals surface area contributed by atoms with Gasteiger partial charge in [0.25, 0.3) is 0 Å². The van der Waals surface area contributed by atoms with Crippen LogP contribution in [-0.4, -0.2) is 27.5 Å². The number of hydrogen-bond acceptors (Lipinski definition) is 6.